The van der Waals surface area contributed by atoms with Crippen LogP contribution in [0.1, 0.15) is 0 Å². The first kappa shape index (κ1) is 5.97. The van der Waals surface area contributed by atoms with Gasteiger partial charge in [-0.3, -0.25) is 0 Å². The molecule has 8 heavy (non-hydrogen) atoms. The Kier molecular flexibility index (Phi) is 1.48. The number of nitrogens with zero attached hydrogens (tertiary/aromatic N) is 1. The number of β-amino-alcohol motifs (C(OH)–C–C–N with tert-alkyl or cyclic N) is 1. The first-order chi connectivity index (χ1) is 3.77. The van der Waals surface area contributed by atoms with Gasteiger partial charge in [-0.05, 0) is 0 Å². The molecule has 48 valence electrons. The van der Waals surface area contributed by atoms with Crippen LogP contribution in [-0.2, 0) is 0 Å². The van der Waals surface area contributed by atoms with Crippen molar-refractivity contribution >= 4 is 0 Å². The van der Waals surface area contributed by atoms with Crippen molar-refractivity contribution in [2.75, 3.05) is 13.2 Å². The van der Waals surface area contributed by atoms with Crippen LogP contribution in [0, 0.1) is 0 Å². The molecule has 0 radical (unpaired) electrons. The van der Waals surface area contributed by atoms with E-state index in [2.05, 4.69) is 0 Å². The Labute approximate surface area is 47.0 Å². The fourth-order valence-electron chi connectivity index (χ4n) is 0.628. The van der Waals surface area contributed by atoms with Gasteiger partial charge in [0.15, 0.2) is 0 Å². The lowest BCUT2D eigenvalue weighted by Gasteiger charge is -1.92. The van der Waals surface area contributed by atoms with Crippen molar-refractivity contribution in [3.63, 3.8) is 0 Å². The minimum Gasteiger partial charge on any atom is -0.395 e. The van der Waals surface area contributed by atoms with Crippen molar-refractivity contribution in [3.8, 4) is 0 Å². The van der Waals surface area contributed by atoms with Crippen molar-refractivity contribution in [3.05, 3.63) is 0 Å². The van der Waals surface area contributed by atoms with Crippen LogP contribution in [0.2, 0.25) is 0 Å². The second kappa shape index (κ2) is 1.99. The summed E-state index contributed by atoms with van der Waals surface area (Å²) in [6.07, 6.45) is -1.47. The van der Waals surface area contributed by atoms with Gasteiger partial charge in [-0.15, -0.1) is 0 Å². The molecule has 0 aromatic carbocycles. The zero-order chi connectivity index (χ0) is 6.15. The fraction of sp³-hybridized carbons (Fsp3) is 1.00. The van der Waals surface area contributed by atoms with Gasteiger partial charge < -0.3 is 15.3 Å². The van der Waals surface area contributed by atoms with Gasteiger partial charge in [-0.1, -0.05) is 0 Å². The molecule has 2 atom stereocenters. The molecule has 1 saturated heterocycles. The molecule has 0 aromatic heterocycles. The molecule has 4 heteroatoms. The normalized spacial score (nSPS) is 44.6. The maximum absolute atomic E-state index is 8.59. The molecule has 1 aliphatic heterocycles. The molecule has 4 nitrogen and oxygen atoms in total. The minimum atomic E-state index is -0.734. The van der Waals surface area contributed by atoms with Crippen LogP contribution in [0.15, 0.2) is 0 Å². The van der Waals surface area contributed by atoms with Crippen molar-refractivity contribution in [2.45, 2.75) is 12.5 Å². The van der Waals surface area contributed by atoms with Crippen molar-refractivity contribution in [2.24, 2.45) is 0 Å². The van der Waals surface area contributed by atoms with E-state index in [1.807, 2.05) is 0 Å². The monoisotopic (exact) mass is 119 g/mol. The number of hydrogen-bond donors (Lipinski definition) is 3. The Morgan fingerprint density at radius 2 is 1.75 bits per heavy atom. The largest absolute Gasteiger partial charge is 0.395 e. The van der Waals surface area contributed by atoms with Crippen molar-refractivity contribution in [1.29, 1.82) is 0 Å². The average Bonchev–Trinajstić information content (AvgIpc) is 2.25. The van der Waals surface area contributed by atoms with Crippen LogP contribution in [0.4, 0.5) is 0 Å². The van der Waals surface area contributed by atoms with E-state index in [9.17, 15) is 0 Å². The zero-order valence-corrected chi connectivity index (χ0v) is 4.36. The highest BCUT2D eigenvalue weighted by Gasteiger charge is 2.44. The Morgan fingerprint density at radius 1 is 1.25 bits per heavy atom. The third-order valence-electron chi connectivity index (χ3n) is 1.21. The highest BCUT2D eigenvalue weighted by Crippen LogP contribution is 2.20. The molecule has 1 rings (SSSR count). The van der Waals surface area contributed by atoms with Gasteiger partial charge >= 0.3 is 0 Å². The predicted molar refractivity (Wildman–Crippen MR) is 25.8 cm³/mol. The third kappa shape index (κ3) is 0.830. The molecule has 1 aliphatic rings. The smallest absolute Gasteiger partial charge is 0.149 e. The molecular formula is C4H9NO3. The van der Waals surface area contributed by atoms with E-state index in [-0.39, 0.29) is 6.61 Å². The lowest BCUT2D eigenvalue weighted by Crippen LogP contribution is -2.08. The predicted octanol–water partition coefficient (Wildman–Crippen LogP) is -2.07. The van der Waals surface area contributed by atoms with Gasteiger partial charge in [0.1, 0.15) is 12.5 Å². The summed E-state index contributed by atoms with van der Waals surface area (Å²) in [7, 11) is 0. The van der Waals surface area contributed by atoms with Crippen LogP contribution >= 0.6 is 0 Å². The SMILES string of the molecule is OCCN1C(O)C1O. The molecular weight excluding hydrogens is 110 g/mol. The van der Waals surface area contributed by atoms with Gasteiger partial charge in [0.2, 0.25) is 0 Å². The van der Waals surface area contributed by atoms with Gasteiger partial charge in [0.25, 0.3) is 0 Å². The summed E-state index contributed by atoms with van der Waals surface area (Å²) in [4.78, 5) is 1.38. The Balaban J connectivity index is 2.13. The first-order valence-corrected chi connectivity index (χ1v) is 2.50. The van der Waals surface area contributed by atoms with E-state index in [4.69, 9.17) is 15.3 Å². The Morgan fingerprint density at radius 3 is 1.88 bits per heavy atom. The Hall–Kier alpha value is -0.160. The van der Waals surface area contributed by atoms with Crippen LogP contribution in [0.25, 0.3) is 0 Å². The highest BCUT2D eigenvalue weighted by molar-refractivity contribution is 4.84. The molecule has 0 aromatic rings. The maximum atomic E-state index is 8.59. The number of rotatable bonds is 2. The second-order valence-electron chi connectivity index (χ2n) is 1.79. The molecule has 3 N–H and O–H groups in total. The quantitative estimate of drug-likeness (QED) is 0.365. The molecule has 0 spiro atoms. The molecule has 0 bridgehead atoms. The Bertz CT molecular complexity index is 79.4. The molecule has 0 aliphatic carbocycles. The summed E-state index contributed by atoms with van der Waals surface area (Å²) in [5, 5.41) is 25.4. The number of aliphatic hydroxyl groups excluding tert-OH is 3. The van der Waals surface area contributed by atoms with Crippen LogP contribution < -0.4 is 0 Å². The van der Waals surface area contributed by atoms with Crippen LogP contribution in [-0.4, -0.2) is 45.8 Å². The van der Waals surface area contributed by atoms with Crippen molar-refractivity contribution in [1.82, 2.24) is 4.90 Å². The molecule has 1 heterocycles. The van der Waals surface area contributed by atoms with Crippen molar-refractivity contribution < 1.29 is 15.3 Å². The summed E-state index contributed by atoms with van der Waals surface area (Å²) in [5.41, 5.74) is 0. The van der Waals surface area contributed by atoms with E-state index in [1.54, 1.807) is 0 Å². The van der Waals surface area contributed by atoms with E-state index in [0.29, 0.717) is 6.54 Å². The number of hydrogen-bond acceptors (Lipinski definition) is 4. The number of aliphatic hydroxyl groups is 3. The molecule has 2 unspecified atom stereocenters. The van der Waals surface area contributed by atoms with Gasteiger partial charge in [-0.25, -0.2) is 4.90 Å². The van der Waals surface area contributed by atoms with Gasteiger partial charge in [0, 0.05) is 6.54 Å². The minimum absolute atomic E-state index is 0.0197. The summed E-state index contributed by atoms with van der Waals surface area (Å²) < 4.78 is 0. The van der Waals surface area contributed by atoms with Crippen LogP contribution in [0.3, 0.4) is 0 Å². The van der Waals surface area contributed by atoms with Gasteiger partial charge in [0.05, 0.1) is 6.61 Å². The summed E-state index contributed by atoms with van der Waals surface area (Å²) in [6.45, 7) is 0.330. The fourth-order valence-corrected chi connectivity index (χ4v) is 0.628. The van der Waals surface area contributed by atoms with E-state index < -0.39 is 12.5 Å². The van der Waals surface area contributed by atoms with E-state index in [1.165, 1.54) is 4.90 Å². The second-order valence-corrected chi connectivity index (χ2v) is 1.79. The standard InChI is InChI=1S/C4H9NO3/c6-2-1-5-3(7)4(5)8/h3-4,6-8H,1-2H2. The van der Waals surface area contributed by atoms with E-state index in [0.717, 1.165) is 0 Å². The summed E-state index contributed by atoms with van der Waals surface area (Å²) >= 11 is 0. The maximum Gasteiger partial charge on any atom is 0.149 e. The topological polar surface area (TPSA) is 63.7 Å². The third-order valence-corrected chi connectivity index (χ3v) is 1.21. The summed E-state index contributed by atoms with van der Waals surface area (Å²) in [6, 6.07) is 0. The van der Waals surface area contributed by atoms with Crippen LogP contribution in [0.5, 0.6) is 0 Å². The first-order valence-electron chi connectivity index (χ1n) is 2.50. The lowest BCUT2D eigenvalue weighted by atomic mass is 10.7. The highest BCUT2D eigenvalue weighted by atomic mass is 16.4. The van der Waals surface area contributed by atoms with Gasteiger partial charge in [-0.2, -0.15) is 0 Å². The summed E-state index contributed by atoms with van der Waals surface area (Å²) in [5.74, 6) is 0. The van der Waals surface area contributed by atoms with E-state index >= 15 is 0 Å². The average molecular weight is 119 g/mol. The molecule has 1 fully saturated rings. The molecule has 0 saturated carbocycles. The zero-order valence-electron chi connectivity index (χ0n) is 4.36. The molecule has 0 amide bonds. The lowest BCUT2D eigenvalue weighted by molar-refractivity contribution is 0.180.